The predicted octanol–water partition coefficient (Wildman–Crippen LogP) is 2.31. The van der Waals surface area contributed by atoms with Crippen molar-refractivity contribution in [3.8, 4) is 17.3 Å². The number of aromatic nitrogens is 4. The van der Waals surface area contributed by atoms with Crippen molar-refractivity contribution in [3.63, 3.8) is 0 Å². The van der Waals surface area contributed by atoms with Crippen LogP contribution in [-0.4, -0.2) is 25.6 Å². The molecular formula is C19H19N7O. The van der Waals surface area contributed by atoms with E-state index in [0.29, 0.717) is 22.9 Å². The Hall–Kier alpha value is -3.47. The first-order valence-electron chi connectivity index (χ1n) is 8.91. The van der Waals surface area contributed by atoms with E-state index in [-0.39, 0.29) is 18.1 Å². The molecule has 0 aromatic carbocycles. The molecule has 0 spiro atoms. The molecule has 1 aliphatic rings. The molecule has 8 nitrogen and oxygen atoms in total. The van der Waals surface area contributed by atoms with E-state index in [1.54, 1.807) is 18.6 Å². The normalized spacial score (nSPS) is 14.3. The van der Waals surface area contributed by atoms with Gasteiger partial charge in [0.1, 0.15) is 12.4 Å². The van der Waals surface area contributed by atoms with Crippen molar-refractivity contribution in [2.24, 2.45) is 0 Å². The number of hydrogen-bond acceptors (Lipinski definition) is 7. The van der Waals surface area contributed by atoms with Gasteiger partial charge < -0.3 is 15.6 Å². The van der Waals surface area contributed by atoms with Gasteiger partial charge in [0.25, 0.3) is 5.56 Å². The van der Waals surface area contributed by atoms with Crippen LogP contribution in [0.15, 0.2) is 35.5 Å². The summed E-state index contributed by atoms with van der Waals surface area (Å²) in [6.07, 6.45) is 9.31. The lowest BCUT2D eigenvalue weighted by atomic mass is 10.1. The number of nitrogen functional groups attached to an aromatic ring is 1. The van der Waals surface area contributed by atoms with Gasteiger partial charge in [-0.15, -0.1) is 0 Å². The molecule has 3 aromatic heterocycles. The average molecular weight is 361 g/mol. The van der Waals surface area contributed by atoms with Crippen molar-refractivity contribution in [1.29, 1.82) is 5.26 Å². The summed E-state index contributed by atoms with van der Waals surface area (Å²) < 4.78 is 1.40. The maximum Gasteiger partial charge on any atom is 0.263 e. The molecule has 1 aliphatic carbocycles. The first-order valence-corrected chi connectivity index (χ1v) is 8.91. The van der Waals surface area contributed by atoms with Crippen molar-refractivity contribution in [2.45, 2.75) is 38.3 Å². The third-order valence-electron chi connectivity index (χ3n) is 4.86. The van der Waals surface area contributed by atoms with E-state index in [2.05, 4.69) is 15.3 Å². The quantitative estimate of drug-likeness (QED) is 0.731. The first-order chi connectivity index (χ1) is 13.2. The Morgan fingerprint density at radius 2 is 2.04 bits per heavy atom. The second kappa shape index (κ2) is 7.03. The van der Waals surface area contributed by atoms with Crippen LogP contribution in [-0.2, 0) is 6.54 Å². The maximum absolute atomic E-state index is 12.9. The molecule has 0 bridgehead atoms. The molecule has 3 N–H and O–H groups in total. The fourth-order valence-electron chi connectivity index (χ4n) is 3.49. The molecule has 0 radical (unpaired) electrons. The minimum Gasteiger partial charge on any atom is -0.368 e. The van der Waals surface area contributed by atoms with E-state index in [4.69, 9.17) is 16.0 Å². The minimum absolute atomic E-state index is 0.00515. The van der Waals surface area contributed by atoms with Crippen molar-refractivity contribution in [3.05, 3.63) is 41.1 Å². The highest BCUT2D eigenvalue weighted by molar-refractivity contribution is 5.94. The zero-order valence-electron chi connectivity index (χ0n) is 14.7. The SMILES string of the molecule is N#CCn1ccc2cc(-c3cnc(N)nc3)nc(NC3CCCC3)c2c1=O. The molecule has 0 amide bonds. The highest BCUT2D eigenvalue weighted by atomic mass is 16.1. The van der Waals surface area contributed by atoms with Gasteiger partial charge in [0.05, 0.1) is 17.1 Å². The van der Waals surface area contributed by atoms with Crippen LogP contribution >= 0.6 is 0 Å². The molecule has 27 heavy (non-hydrogen) atoms. The van der Waals surface area contributed by atoms with Gasteiger partial charge in [0.2, 0.25) is 5.95 Å². The van der Waals surface area contributed by atoms with Gasteiger partial charge in [-0.2, -0.15) is 5.26 Å². The Kier molecular flexibility index (Phi) is 4.42. The molecule has 136 valence electrons. The molecule has 1 fully saturated rings. The van der Waals surface area contributed by atoms with Gasteiger partial charge in [-0.3, -0.25) is 4.79 Å². The topological polar surface area (TPSA) is 123 Å². The van der Waals surface area contributed by atoms with Crippen molar-refractivity contribution < 1.29 is 0 Å². The second-order valence-corrected chi connectivity index (χ2v) is 6.68. The number of nitrogens with zero attached hydrogens (tertiary/aromatic N) is 5. The van der Waals surface area contributed by atoms with Gasteiger partial charge in [-0.05, 0) is 30.4 Å². The number of pyridine rings is 2. The summed E-state index contributed by atoms with van der Waals surface area (Å²) >= 11 is 0. The largest absolute Gasteiger partial charge is 0.368 e. The number of fused-ring (bicyclic) bond motifs is 1. The van der Waals surface area contributed by atoms with E-state index in [9.17, 15) is 4.79 Å². The summed E-state index contributed by atoms with van der Waals surface area (Å²) in [5, 5.41) is 13.7. The van der Waals surface area contributed by atoms with Crippen LogP contribution in [0.2, 0.25) is 0 Å². The zero-order chi connectivity index (χ0) is 18.8. The predicted molar refractivity (Wildman–Crippen MR) is 103 cm³/mol. The number of nitrogens with one attached hydrogen (secondary N) is 1. The van der Waals surface area contributed by atoms with Gasteiger partial charge in [-0.25, -0.2) is 15.0 Å². The Labute approximate surface area is 155 Å². The zero-order valence-corrected chi connectivity index (χ0v) is 14.7. The highest BCUT2D eigenvalue weighted by Crippen LogP contribution is 2.28. The first kappa shape index (κ1) is 17.0. The second-order valence-electron chi connectivity index (χ2n) is 6.68. The average Bonchev–Trinajstić information content (AvgIpc) is 3.17. The fraction of sp³-hybridized carbons (Fsp3) is 0.316. The van der Waals surface area contributed by atoms with E-state index < -0.39 is 0 Å². The van der Waals surface area contributed by atoms with Crippen LogP contribution in [0.1, 0.15) is 25.7 Å². The van der Waals surface area contributed by atoms with E-state index >= 15 is 0 Å². The molecule has 1 saturated carbocycles. The number of nitrogens with two attached hydrogens (primary N) is 1. The summed E-state index contributed by atoms with van der Waals surface area (Å²) in [4.78, 5) is 25.7. The Morgan fingerprint density at radius 3 is 2.74 bits per heavy atom. The van der Waals surface area contributed by atoms with Gasteiger partial charge in [-0.1, -0.05) is 12.8 Å². The maximum atomic E-state index is 12.9. The lowest BCUT2D eigenvalue weighted by molar-refractivity contribution is 0.750. The monoisotopic (exact) mass is 361 g/mol. The van der Waals surface area contributed by atoms with Crippen LogP contribution in [0.3, 0.4) is 0 Å². The van der Waals surface area contributed by atoms with Crippen LogP contribution in [0.4, 0.5) is 11.8 Å². The molecule has 8 heteroatoms. The summed E-state index contributed by atoms with van der Waals surface area (Å²) in [6.45, 7) is 0.00515. The van der Waals surface area contributed by atoms with Crippen LogP contribution < -0.4 is 16.6 Å². The highest BCUT2D eigenvalue weighted by Gasteiger charge is 2.19. The van der Waals surface area contributed by atoms with E-state index in [0.717, 1.165) is 23.8 Å². The minimum atomic E-state index is -0.220. The molecule has 0 aliphatic heterocycles. The Bertz CT molecular complexity index is 1080. The fourth-order valence-corrected chi connectivity index (χ4v) is 3.49. The van der Waals surface area contributed by atoms with E-state index in [1.165, 1.54) is 17.4 Å². The summed E-state index contributed by atoms with van der Waals surface area (Å²) in [5.41, 5.74) is 6.74. The van der Waals surface area contributed by atoms with Crippen LogP contribution in [0, 0.1) is 11.3 Å². The lowest BCUT2D eigenvalue weighted by Crippen LogP contribution is -2.23. The van der Waals surface area contributed by atoms with Gasteiger partial charge in [0, 0.05) is 30.2 Å². The third kappa shape index (κ3) is 3.31. The Balaban J connectivity index is 1.89. The summed E-state index contributed by atoms with van der Waals surface area (Å²) in [6, 6.07) is 5.98. The van der Waals surface area contributed by atoms with Crippen LogP contribution in [0.25, 0.3) is 22.0 Å². The Morgan fingerprint density at radius 1 is 1.30 bits per heavy atom. The third-order valence-corrected chi connectivity index (χ3v) is 4.86. The van der Waals surface area contributed by atoms with Crippen LogP contribution in [0.5, 0.6) is 0 Å². The van der Waals surface area contributed by atoms with Crippen molar-refractivity contribution in [1.82, 2.24) is 19.5 Å². The van der Waals surface area contributed by atoms with Crippen molar-refractivity contribution >= 4 is 22.5 Å². The smallest absolute Gasteiger partial charge is 0.263 e. The number of rotatable bonds is 4. The molecule has 3 heterocycles. The molecule has 0 saturated heterocycles. The summed E-state index contributed by atoms with van der Waals surface area (Å²) in [5.74, 6) is 0.742. The molecule has 4 rings (SSSR count). The summed E-state index contributed by atoms with van der Waals surface area (Å²) in [7, 11) is 0. The molecule has 0 atom stereocenters. The van der Waals surface area contributed by atoms with E-state index in [1.807, 2.05) is 18.2 Å². The lowest BCUT2D eigenvalue weighted by Gasteiger charge is -2.16. The van der Waals surface area contributed by atoms with Crippen molar-refractivity contribution in [2.75, 3.05) is 11.1 Å². The standard InChI is InChI=1S/C19H19N7O/c20-6-8-26-7-5-12-9-15(13-10-22-19(21)23-11-13)25-17(16(12)18(26)27)24-14-3-1-2-4-14/h5,7,9-11,14H,1-4,8H2,(H,24,25)(H2,21,22,23). The van der Waals surface area contributed by atoms with Gasteiger partial charge in [0.15, 0.2) is 0 Å². The molecular weight excluding hydrogens is 342 g/mol. The molecule has 0 unspecified atom stereocenters. The number of nitriles is 1. The number of anilines is 2. The number of hydrogen-bond donors (Lipinski definition) is 2. The van der Waals surface area contributed by atoms with Gasteiger partial charge >= 0.3 is 0 Å². The molecule has 3 aromatic rings.